The lowest BCUT2D eigenvalue weighted by Crippen LogP contribution is -2.42. The van der Waals surface area contributed by atoms with Crippen LogP contribution in [0.25, 0.3) is 0 Å². The van der Waals surface area contributed by atoms with E-state index in [4.69, 9.17) is 9.47 Å². The SMILES string of the molecule is CCOC(=O)CC(=O)CC1CCN(C(=O)OC(C)(C)C)CC1. The molecule has 0 N–H and O–H groups in total. The smallest absolute Gasteiger partial charge is 0.410 e. The summed E-state index contributed by atoms with van der Waals surface area (Å²) >= 11 is 0. The van der Waals surface area contributed by atoms with Gasteiger partial charge in [0.05, 0.1) is 6.61 Å². The van der Waals surface area contributed by atoms with Gasteiger partial charge in [0.25, 0.3) is 0 Å². The summed E-state index contributed by atoms with van der Waals surface area (Å²) in [5, 5.41) is 0. The van der Waals surface area contributed by atoms with E-state index in [1.54, 1.807) is 11.8 Å². The number of ether oxygens (including phenoxy) is 2. The molecule has 6 heteroatoms. The minimum absolute atomic E-state index is 0.0887. The summed E-state index contributed by atoms with van der Waals surface area (Å²) in [6.45, 7) is 8.71. The van der Waals surface area contributed by atoms with Crippen LogP contribution in [0.3, 0.4) is 0 Å². The summed E-state index contributed by atoms with van der Waals surface area (Å²) in [6.07, 6.45) is 1.44. The molecule has 0 spiro atoms. The Balaban J connectivity index is 2.32. The molecule has 0 bridgehead atoms. The van der Waals surface area contributed by atoms with Crippen LogP contribution in [0.4, 0.5) is 4.79 Å². The maximum Gasteiger partial charge on any atom is 0.410 e. The maximum absolute atomic E-state index is 11.9. The van der Waals surface area contributed by atoms with Gasteiger partial charge in [0.15, 0.2) is 0 Å². The Bertz CT molecular complexity index is 405. The zero-order chi connectivity index (χ0) is 16.8. The van der Waals surface area contributed by atoms with Gasteiger partial charge in [-0.3, -0.25) is 9.59 Å². The van der Waals surface area contributed by atoms with Crippen LogP contribution in [0.2, 0.25) is 0 Å². The molecular weight excluding hydrogens is 286 g/mol. The first-order valence-electron chi connectivity index (χ1n) is 7.86. The number of carbonyl (C=O) groups is 3. The summed E-state index contributed by atoms with van der Waals surface area (Å²) < 4.78 is 10.1. The molecule has 0 aromatic rings. The van der Waals surface area contributed by atoms with Gasteiger partial charge in [0, 0.05) is 19.5 Å². The molecule has 6 nitrogen and oxygen atoms in total. The van der Waals surface area contributed by atoms with Crippen LogP contribution in [-0.4, -0.2) is 48.0 Å². The minimum Gasteiger partial charge on any atom is -0.466 e. The molecule has 1 aliphatic heterocycles. The molecule has 1 fully saturated rings. The first kappa shape index (κ1) is 18.5. The van der Waals surface area contributed by atoms with E-state index in [-0.39, 0.29) is 24.2 Å². The summed E-state index contributed by atoms with van der Waals surface area (Å²) in [7, 11) is 0. The molecule has 0 atom stereocenters. The largest absolute Gasteiger partial charge is 0.466 e. The van der Waals surface area contributed by atoms with E-state index in [1.165, 1.54) is 0 Å². The Labute approximate surface area is 132 Å². The monoisotopic (exact) mass is 313 g/mol. The molecular formula is C16H27NO5. The Morgan fingerprint density at radius 2 is 1.73 bits per heavy atom. The first-order valence-corrected chi connectivity index (χ1v) is 7.86. The molecule has 0 unspecified atom stereocenters. The van der Waals surface area contributed by atoms with Crippen LogP contribution in [0, 0.1) is 5.92 Å². The fourth-order valence-electron chi connectivity index (χ4n) is 2.41. The lowest BCUT2D eigenvalue weighted by molar-refractivity contribution is -0.145. The summed E-state index contributed by atoms with van der Waals surface area (Å²) in [5.41, 5.74) is -0.496. The molecule has 126 valence electrons. The van der Waals surface area contributed by atoms with Crippen LogP contribution in [0.5, 0.6) is 0 Å². The third-order valence-corrected chi connectivity index (χ3v) is 3.43. The molecule has 1 aliphatic rings. The minimum atomic E-state index is -0.496. The molecule has 1 amide bonds. The molecule has 0 aromatic heterocycles. The molecule has 0 radical (unpaired) electrons. The highest BCUT2D eigenvalue weighted by atomic mass is 16.6. The number of rotatable bonds is 5. The van der Waals surface area contributed by atoms with Gasteiger partial charge in [-0.25, -0.2) is 4.79 Å². The highest BCUT2D eigenvalue weighted by molar-refractivity contribution is 5.95. The second-order valence-corrected chi connectivity index (χ2v) is 6.64. The lowest BCUT2D eigenvalue weighted by Gasteiger charge is -2.33. The molecule has 1 rings (SSSR count). The van der Waals surface area contributed by atoms with Crippen molar-refractivity contribution < 1.29 is 23.9 Å². The van der Waals surface area contributed by atoms with Crippen LogP contribution in [0.1, 0.15) is 53.4 Å². The fraction of sp³-hybridized carbons (Fsp3) is 0.812. The molecule has 0 aromatic carbocycles. The van der Waals surface area contributed by atoms with E-state index >= 15 is 0 Å². The average Bonchev–Trinajstić information content (AvgIpc) is 2.37. The molecule has 1 heterocycles. The van der Waals surface area contributed by atoms with Crippen molar-refractivity contribution >= 4 is 17.8 Å². The number of hydrogen-bond acceptors (Lipinski definition) is 5. The number of hydrogen-bond donors (Lipinski definition) is 0. The van der Waals surface area contributed by atoms with Crippen LogP contribution >= 0.6 is 0 Å². The average molecular weight is 313 g/mol. The molecule has 0 saturated carbocycles. The van der Waals surface area contributed by atoms with E-state index < -0.39 is 11.6 Å². The van der Waals surface area contributed by atoms with Gasteiger partial charge in [-0.1, -0.05) is 0 Å². The number of carbonyl (C=O) groups excluding carboxylic acids is 3. The van der Waals surface area contributed by atoms with Crippen molar-refractivity contribution in [2.24, 2.45) is 5.92 Å². The van der Waals surface area contributed by atoms with Gasteiger partial charge < -0.3 is 14.4 Å². The standard InChI is InChI=1S/C16H27NO5/c1-5-21-14(19)11-13(18)10-12-6-8-17(9-7-12)15(20)22-16(2,3)4/h12H,5-11H2,1-4H3. The summed E-state index contributed by atoms with van der Waals surface area (Å²) in [4.78, 5) is 36.7. The topological polar surface area (TPSA) is 72.9 Å². The van der Waals surface area contributed by atoms with Crippen molar-refractivity contribution in [3.8, 4) is 0 Å². The summed E-state index contributed by atoms with van der Waals surface area (Å²) in [6, 6.07) is 0. The number of amides is 1. The van der Waals surface area contributed by atoms with Crippen LogP contribution in [-0.2, 0) is 19.1 Å². The quantitative estimate of drug-likeness (QED) is 0.576. The van der Waals surface area contributed by atoms with Crippen LogP contribution in [0.15, 0.2) is 0 Å². The number of ketones is 1. The zero-order valence-electron chi connectivity index (χ0n) is 14.0. The van der Waals surface area contributed by atoms with Gasteiger partial charge in [-0.2, -0.15) is 0 Å². The second-order valence-electron chi connectivity index (χ2n) is 6.64. The second kappa shape index (κ2) is 8.15. The Morgan fingerprint density at radius 1 is 1.14 bits per heavy atom. The lowest BCUT2D eigenvalue weighted by atomic mass is 9.91. The Hall–Kier alpha value is -1.59. The normalized spacial score (nSPS) is 16.3. The van der Waals surface area contributed by atoms with Crippen LogP contribution < -0.4 is 0 Å². The third-order valence-electron chi connectivity index (χ3n) is 3.43. The van der Waals surface area contributed by atoms with E-state index in [2.05, 4.69) is 0 Å². The molecule has 0 aliphatic carbocycles. The Kier molecular flexibility index (Phi) is 6.84. The van der Waals surface area contributed by atoms with E-state index in [0.29, 0.717) is 26.1 Å². The Morgan fingerprint density at radius 3 is 2.23 bits per heavy atom. The van der Waals surface area contributed by atoms with Gasteiger partial charge in [0.1, 0.15) is 17.8 Å². The number of nitrogens with zero attached hydrogens (tertiary/aromatic N) is 1. The van der Waals surface area contributed by atoms with Gasteiger partial charge >= 0.3 is 12.1 Å². The highest BCUT2D eigenvalue weighted by Crippen LogP contribution is 2.23. The van der Waals surface area contributed by atoms with Crippen molar-refractivity contribution in [3.63, 3.8) is 0 Å². The third kappa shape index (κ3) is 6.91. The number of esters is 1. The van der Waals surface area contributed by atoms with Gasteiger partial charge in [-0.05, 0) is 46.5 Å². The molecule has 1 saturated heterocycles. The maximum atomic E-state index is 11.9. The van der Waals surface area contributed by atoms with Crippen molar-refractivity contribution in [1.29, 1.82) is 0 Å². The van der Waals surface area contributed by atoms with Crippen molar-refractivity contribution in [1.82, 2.24) is 4.90 Å². The van der Waals surface area contributed by atoms with Crippen molar-refractivity contribution in [2.45, 2.75) is 59.0 Å². The predicted octanol–water partition coefficient (Wildman–Crippen LogP) is 2.55. The first-order chi connectivity index (χ1) is 10.2. The molecule has 22 heavy (non-hydrogen) atoms. The number of likely N-dealkylation sites (tertiary alicyclic amines) is 1. The number of Topliss-reactive ketones (excluding diaryl/α,β-unsaturated/α-hetero) is 1. The van der Waals surface area contributed by atoms with E-state index in [0.717, 1.165) is 12.8 Å². The predicted molar refractivity (Wildman–Crippen MR) is 81.4 cm³/mol. The highest BCUT2D eigenvalue weighted by Gasteiger charge is 2.28. The number of piperidine rings is 1. The fourth-order valence-corrected chi connectivity index (χ4v) is 2.41. The van der Waals surface area contributed by atoms with Gasteiger partial charge in [0.2, 0.25) is 0 Å². The summed E-state index contributed by atoms with van der Waals surface area (Å²) in [5.74, 6) is -0.325. The van der Waals surface area contributed by atoms with Crippen molar-refractivity contribution in [2.75, 3.05) is 19.7 Å². The van der Waals surface area contributed by atoms with Crippen molar-refractivity contribution in [3.05, 3.63) is 0 Å². The van der Waals surface area contributed by atoms with Gasteiger partial charge in [-0.15, -0.1) is 0 Å². The van der Waals surface area contributed by atoms with E-state index in [1.807, 2.05) is 20.8 Å². The zero-order valence-corrected chi connectivity index (χ0v) is 14.0. The van der Waals surface area contributed by atoms with E-state index in [9.17, 15) is 14.4 Å².